The highest BCUT2D eigenvalue weighted by atomic mass is 79.9. The first-order chi connectivity index (χ1) is 5.34. The molecule has 1 N–H and O–H groups in total. The molecule has 0 radical (unpaired) electrons. The first kappa shape index (κ1) is 8.02. The van der Waals surface area contributed by atoms with Gasteiger partial charge in [0.15, 0.2) is 0 Å². The Morgan fingerprint density at radius 3 is 3.18 bits per heavy atom. The van der Waals surface area contributed by atoms with Gasteiger partial charge in [0, 0.05) is 6.20 Å². The van der Waals surface area contributed by atoms with Gasteiger partial charge in [0.2, 0.25) is 0 Å². The van der Waals surface area contributed by atoms with E-state index in [-0.39, 0.29) is 5.56 Å². The summed E-state index contributed by atoms with van der Waals surface area (Å²) < 4.78 is 0. The molecule has 0 fully saturated rings. The minimum absolute atomic E-state index is 0.201. The molecule has 0 atom stereocenters. The van der Waals surface area contributed by atoms with E-state index in [0.717, 1.165) is 0 Å². The zero-order valence-electron chi connectivity index (χ0n) is 5.60. The van der Waals surface area contributed by atoms with Crippen molar-refractivity contribution in [1.82, 2.24) is 9.97 Å². The van der Waals surface area contributed by atoms with Gasteiger partial charge in [-0.25, -0.2) is 4.98 Å². The molecule has 1 aromatic heterocycles. The van der Waals surface area contributed by atoms with Crippen LogP contribution < -0.4 is 5.56 Å². The van der Waals surface area contributed by atoms with Gasteiger partial charge in [-0.1, -0.05) is 27.8 Å². The fourth-order valence-corrected chi connectivity index (χ4v) is 0.702. The summed E-state index contributed by atoms with van der Waals surface area (Å²) in [6.07, 6.45) is 2.77. The lowest BCUT2D eigenvalue weighted by atomic mass is 10.3. The molecule has 0 bridgehead atoms. The van der Waals surface area contributed by atoms with E-state index in [1.807, 2.05) is 0 Å². The Bertz CT molecular complexity index is 347. The van der Waals surface area contributed by atoms with Gasteiger partial charge < -0.3 is 4.98 Å². The van der Waals surface area contributed by atoms with Crippen LogP contribution in [0.3, 0.4) is 0 Å². The lowest BCUT2D eigenvalue weighted by Crippen LogP contribution is -2.09. The van der Waals surface area contributed by atoms with Crippen LogP contribution in [-0.4, -0.2) is 15.3 Å². The van der Waals surface area contributed by atoms with Crippen molar-refractivity contribution >= 4 is 15.9 Å². The van der Waals surface area contributed by atoms with Gasteiger partial charge in [-0.15, -0.1) is 0 Å². The summed E-state index contributed by atoms with van der Waals surface area (Å²) in [5.74, 6) is 5.37. The number of hydrogen-bond donors (Lipinski definition) is 1. The summed E-state index contributed by atoms with van der Waals surface area (Å²) in [6.45, 7) is 0. The van der Waals surface area contributed by atoms with Crippen molar-refractivity contribution in [3.63, 3.8) is 0 Å². The van der Waals surface area contributed by atoms with E-state index in [4.69, 9.17) is 0 Å². The van der Waals surface area contributed by atoms with E-state index in [1.54, 1.807) is 0 Å². The topological polar surface area (TPSA) is 45.8 Å². The average molecular weight is 213 g/mol. The third-order valence-electron chi connectivity index (χ3n) is 1.01. The molecule has 4 heteroatoms. The average Bonchev–Trinajstić information content (AvgIpc) is 2.03. The van der Waals surface area contributed by atoms with E-state index in [2.05, 4.69) is 37.7 Å². The predicted molar refractivity (Wildman–Crippen MR) is 45.5 cm³/mol. The van der Waals surface area contributed by atoms with Gasteiger partial charge in [-0.3, -0.25) is 4.79 Å². The van der Waals surface area contributed by atoms with Crippen molar-refractivity contribution in [2.75, 3.05) is 5.33 Å². The Kier molecular flexibility index (Phi) is 2.87. The molecule has 0 aliphatic heterocycles. The number of nitrogens with zero attached hydrogens (tertiary/aromatic N) is 1. The lowest BCUT2D eigenvalue weighted by Gasteiger charge is -1.84. The van der Waals surface area contributed by atoms with E-state index in [0.29, 0.717) is 10.9 Å². The zero-order valence-corrected chi connectivity index (χ0v) is 7.18. The Morgan fingerprint density at radius 2 is 2.55 bits per heavy atom. The van der Waals surface area contributed by atoms with Crippen LogP contribution in [0.25, 0.3) is 0 Å². The van der Waals surface area contributed by atoms with Crippen LogP contribution in [0.15, 0.2) is 17.3 Å². The van der Waals surface area contributed by atoms with Crippen LogP contribution in [0.5, 0.6) is 0 Å². The minimum atomic E-state index is -0.201. The molecule has 1 rings (SSSR count). The minimum Gasteiger partial charge on any atom is -0.312 e. The molecule has 0 aromatic carbocycles. The van der Waals surface area contributed by atoms with Gasteiger partial charge in [-0.2, -0.15) is 0 Å². The summed E-state index contributed by atoms with van der Waals surface area (Å²) in [6, 6.07) is 0. The molecule has 11 heavy (non-hydrogen) atoms. The van der Waals surface area contributed by atoms with Crippen LogP contribution in [0.2, 0.25) is 0 Å². The first-order valence-corrected chi connectivity index (χ1v) is 4.04. The van der Waals surface area contributed by atoms with Gasteiger partial charge >= 0.3 is 0 Å². The van der Waals surface area contributed by atoms with E-state index >= 15 is 0 Å². The van der Waals surface area contributed by atoms with Crippen molar-refractivity contribution in [3.05, 3.63) is 28.4 Å². The number of rotatable bonds is 0. The summed E-state index contributed by atoms with van der Waals surface area (Å²) in [4.78, 5) is 17.1. The first-order valence-electron chi connectivity index (χ1n) is 2.92. The van der Waals surface area contributed by atoms with Gasteiger partial charge in [0.1, 0.15) is 5.56 Å². The van der Waals surface area contributed by atoms with Crippen molar-refractivity contribution in [3.8, 4) is 11.8 Å². The Balaban J connectivity index is 3.05. The summed E-state index contributed by atoms with van der Waals surface area (Å²) in [5, 5.41) is 0.557. The monoisotopic (exact) mass is 212 g/mol. The van der Waals surface area contributed by atoms with Crippen molar-refractivity contribution < 1.29 is 0 Å². The van der Waals surface area contributed by atoms with Crippen molar-refractivity contribution in [2.45, 2.75) is 0 Å². The Morgan fingerprint density at radius 1 is 1.73 bits per heavy atom. The molecule has 0 spiro atoms. The number of H-pyrrole nitrogens is 1. The smallest absolute Gasteiger partial charge is 0.266 e. The second-order valence-corrected chi connectivity index (χ2v) is 2.29. The molecule has 56 valence electrons. The third-order valence-corrected chi connectivity index (χ3v) is 1.29. The second kappa shape index (κ2) is 3.94. The molecule has 0 aliphatic rings. The molecule has 1 heterocycles. The number of hydrogen-bond acceptors (Lipinski definition) is 2. The number of halogens is 1. The van der Waals surface area contributed by atoms with Gasteiger partial charge in [-0.05, 0) is 0 Å². The highest BCUT2D eigenvalue weighted by Gasteiger charge is 1.90. The van der Waals surface area contributed by atoms with E-state index < -0.39 is 0 Å². The maximum absolute atomic E-state index is 10.9. The standard InChI is InChI=1S/C7H5BrN2O/c8-3-1-2-6-4-9-5-10-7(6)11/h4-5H,3H2,(H,9,10,11). The molecule has 0 saturated heterocycles. The van der Waals surface area contributed by atoms with Gasteiger partial charge in [0.05, 0.1) is 11.7 Å². The molecule has 0 saturated carbocycles. The Labute approximate surface area is 72.0 Å². The summed E-state index contributed by atoms with van der Waals surface area (Å²) in [7, 11) is 0. The highest BCUT2D eigenvalue weighted by Crippen LogP contribution is 1.81. The number of alkyl halides is 1. The Hall–Kier alpha value is -1.08. The number of nitrogens with one attached hydrogen (secondary N) is 1. The number of aromatic amines is 1. The quantitative estimate of drug-likeness (QED) is 0.504. The molecule has 1 aromatic rings. The molecular weight excluding hydrogens is 208 g/mol. The molecule has 3 nitrogen and oxygen atoms in total. The van der Waals surface area contributed by atoms with Gasteiger partial charge in [0.25, 0.3) is 5.56 Å². The SMILES string of the molecule is O=c1[nH]cncc1C#CCBr. The molecule has 0 aliphatic carbocycles. The highest BCUT2D eigenvalue weighted by molar-refractivity contribution is 9.09. The van der Waals surface area contributed by atoms with Crippen molar-refractivity contribution in [2.24, 2.45) is 0 Å². The zero-order chi connectivity index (χ0) is 8.10. The molecule has 0 amide bonds. The van der Waals surface area contributed by atoms with Crippen LogP contribution >= 0.6 is 15.9 Å². The van der Waals surface area contributed by atoms with Crippen LogP contribution in [0.4, 0.5) is 0 Å². The lowest BCUT2D eigenvalue weighted by molar-refractivity contribution is 1.10. The van der Waals surface area contributed by atoms with Crippen LogP contribution in [0.1, 0.15) is 5.56 Å². The summed E-state index contributed by atoms with van der Waals surface area (Å²) >= 11 is 3.13. The fourth-order valence-electron chi connectivity index (χ4n) is 0.562. The fraction of sp³-hybridized carbons (Fsp3) is 0.143. The van der Waals surface area contributed by atoms with E-state index in [9.17, 15) is 4.79 Å². The maximum Gasteiger partial charge on any atom is 0.266 e. The van der Waals surface area contributed by atoms with Crippen LogP contribution in [0, 0.1) is 11.8 Å². The molecule has 0 unspecified atom stereocenters. The second-order valence-electron chi connectivity index (χ2n) is 1.73. The van der Waals surface area contributed by atoms with Crippen molar-refractivity contribution in [1.29, 1.82) is 0 Å². The predicted octanol–water partition coefficient (Wildman–Crippen LogP) is 0.516. The normalized spacial score (nSPS) is 8.45. The van der Waals surface area contributed by atoms with Crippen LogP contribution in [-0.2, 0) is 0 Å². The summed E-state index contributed by atoms with van der Waals surface area (Å²) in [5.41, 5.74) is 0.195. The number of aromatic nitrogens is 2. The maximum atomic E-state index is 10.9. The largest absolute Gasteiger partial charge is 0.312 e. The molecular formula is C7H5BrN2O. The van der Waals surface area contributed by atoms with E-state index in [1.165, 1.54) is 12.5 Å². The third kappa shape index (κ3) is 2.20.